The molecule has 4 aliphatic rings. The van der Waals surface area contributed by atoms with Crippen LogP contribution in [0.15, 0.2) is 42.0 Å². The zero-order valence-corrected chi connectivity index (χ0v) is 16.5. The van der Waals surface area contributed by atoms with E-state index in [1.165, 1.54) is 49.7 Å². The van der Waals surface area contributed by atoms with Crippen molar-refractivity contribution in [3.05, 3.63) is 47.5 Å². The van der Waals surface area contributed by atoms with Gasteiger partial charge in [-0.25, -0.2) is 0 Å². The fourth-order valence-electron chi connectivity index (χ4n) is 7.18. The first-order valence-corrected chi connectivity index (χ1v) is 11.0. The van der Waals surface area contributed by atoms with Crippen LogP contribution < -0.4 is 0 Å². The zero-order valence-electron chi connectivity index (χ0n) is 16.5. The molecule has 144 valence electrons. The third-order valence-corrected chi connectivity index (χ3v) is 8.51. The van der Waals surface area contributed by atoms with Gasteiger partial charge < -0.3 is 4.74 Å². The normalized spacial score (nSPS) is 40.7. The minimum absolute atomic E-state index is 0.349. The number of allylic oxidation sites excluding steroid dienone is 1. The number of hydrogen-bond acceptors (Lipinski definition) is 2. The predicted octanol–water partition coefficient (Wildman–Crippen LogP) is 5.71. The van der Waals surface area contributed by atoms with Crippen LogP contribution in [-0.2, 0) is 16.1 Å². The highest BCUT2D eigenvalue weighted by atomic mass is 16.5. The summed E-state index contributed by atoms with van der Waals surface area (Å²) < 4.78 is 6.51. The molecule has 0 radical (unpaired) electrons. The van der Waals surface area contributed by atoms with Crippen molar-refractivity contribution in [2.24, 2.45) is 29.1 Å². The molecular formula is C25H32O2. The highest BCUT2D eigenvalue weighted by Crippen LogP contribution is 2.62. The molecule has 2 nitrogen and oxygen atoms in total. The lowest BCUT2D eigenvalue weighted by molar-refractivity contribution is -0.116. The molecule has 0 N–H and O–H groups in total. The van der Waals surface area contributed by atoms with Gasteiger partial charge in [0.05, 0.1) is 12.7 Å². The summed E-state index contributed by atoms with van der Waals surface area (Å²) in [4.78, 5) is 11.9. The van der Waals surface area contributed by atoms with Crippen molar-refractivity contribution in [2.75, 3.05) is 0 Å². The summed E-state index contributed by atoms with van der Waals surface area (Å²) in [6.45, 7) is 3.27. The Morgan fingerprint density at radius 1 is 1.00 bits per heavy atom. The molecule has 0 amide bonds. The number of carbonyl (C=O) groups is 1. The number of carbonyl (C=O) groups excluding carboxylic acids is 1. The van der Waals surface area contributed by atoms with Crippen molar-refractivity contribution < 1.29 is 9.53 Å². The second-order valence-corrected chi connectivity index (χ2v) is 9.71. The molecule has 0 aromatic heterocycles. The van der Waals surface area contributed by atoms with Crippen LogP contribution in [0.5, 0.6) is 0 Å². The van der Waals surface area contributed by atoms with Gasteiger partial charge in [-0.3, -0.25) is 4.79 Å². The minimum Gasteiger partial charge on any atom is -0.373 e. The molecule has 3 fully saturated rings. The number of fused-ring (bicyclic) bond motifs is 5. The number of hydrogen-bond donors (Lipinski definition) is 0. The highest BCUT2D eigenvalue weighted by Gasteiger charge is 2.56. The van der Waals surface area contributed by atoms with Crippen LogP contribution in [-0.4, -0.2) is 11.9 Å². The molecule has 2 heteroatoms. The van der Waals surface area contributed by atoms with Crippen molar-refractivity contribution in [1.82, 2.24) is 0 Å². The highest BCUT2D eigenvalue weighted by molar-refractivity contribution is 5.91. The molecule has 0 spiro atoms. The lowest BCUT2D eigenvalue weighted by Crippen LogP contribution is -2.48. The second kappa shape index (κ2) is 6.88. The molecule has 3 saturated carbocycles. The van der Waals surface area contributed by atoms with E-state index in [2.05, 4.69) is 37.3 Å². The van der Waals surface area contributed by atoms with Crippen molar-refractivity contribution in [3.63, 3.8) is 0 Å². The molecule has 0 saturated heterocycles. The van der Waals surface area contributed by atoms with Gasteiger partial charge in [0.15, 0.2) is 5.78 Å². The molecule has 5 rings (SSSR count). The van der Waals surface area contributed by atoms with Crippen molar-refractivity contribution in [3.8, 4) is 0 Å². The van der Waals surface area contributed by atoms with Gasteiger partial charge in [-0.1, -0.05) is 42.8 Å². The van der Waals surface area contributed by atoms with Crippen LogP contribution >= 0.6 is 0 Å². The molecule has 27 heavy (non-hydrogen) atoms. The Morgan fingerprint density at radius 2 is 1.85 bits per heavy atom. The van der Waals surface area contributed by atoms with Crippen LogP contribution in [0.1, 0.15) is 63.9 Å². The summed E-state index contributed by atoms with van der Waals surface area (Å²) >= 11 is 0. The Kier molecular flexibility index (Phi) is 4.50. The third kappa shape index (κ3) is 3.01. The summed E-state index contributed by atoms with van der Waals surface area (Å²) in [6, 6.07) is 10.6. The summed E-state index contributed by atoms with van der Waals surface area (Å²) in [6.07, 6.45) is 12.0. The Labute approximate surface area is 163 Å². The van der Waals surface area contributed by atoms with Gasteiger partial charge in [0.2, 0.25) is 0 Å². The van der Waals surface area contributed by atoms with Gasteiger partial charge in [0.1, 0.15) is 0 Å². The average molecular weight is 365 g/mol. The monoisotopic (exact) mass is 364 g/mol. The molecular weight excluding hydrogens is 332 g/mol. The summed E-state index contributed by atoms with van der Waals surface area (Å²) in [7, 11) is 0. The average Bonchev–Trinajstić information content (AvgIpc) is 3.03. The molecule has 0 aliphatic heterocycles. The van der Waals surface area contributed by atoms with Crippen LogP contribution in [0, 0.1) is 29.1 Å². The van der Waals surface area contributed by atoms with Crippen LogP contribution in [0.4, 0.5) is 0 Å². The molecule has 0 unspecified atom stereocenters. The largest absolute Gasteiger partial charge is 0.373 e. The van der Waals surface area contributed by atoms with Gasteiger partial charge in [-0.2, -0.15) is 0 Å². The van der Waals surface area contributed by atoms with Crippen LogP contribution in [0.2, 0.25) is 0 Å². The number of benzene rings is 1. The lowest BCUT2D eigenvalue weighted by atomic mass is 9.52. The van der Waals surface area contributed by atoms with Gasteiger partial charge >= 0.3 is 0 Å². The first-order valence-electron chi connectivity index (χ1n) is 11.0. The van der Waals surface area contributed by atoms with Gasteiger partial charge in [-0.15, -0.1) is 0 Å². The van der Waals surface area contributed by atoms with E-state index in [0.29, 0.717) is 23.2 Å². The van der Waals surface area contributed by atoms with E-state index in [9.17, 15) is 4.79 Å². The SMILES string of the molecule is C[C@]12CC[C@H]3[C@H](CCC4=CC(=O)CC[C@H]43)[C@H]1CC[C@@H]2OCc1ccccc1. The molecule has 6 atom stereocenters. The first-order chi connectivity index (χ1) is 13.1. The maximum atomic E-state index is 11.9. The Morgan fingerprint density at radius 3 is 2.70 bits per heavy atom. The quantitative estimate of drug-likeness (QED) is 0.686. The maximum absolute atomic E-state index is 11.9. The number of ether oxygens (including phenoxy) is 1. The van der Waals surface area contributed by atoms with E-state index in [4.69, 9.17) is 4.74 Å². The topological polar surface area (TPSA) is 26.3 Å². The van der Waals surface area contributed by atoms with Gasteiger partial charge in [-0.05, 0) is 85.7 Å². The van der Waals surface area contributed by atoms with Crippen LogP contribution in [0.25, 0.3) is 0 Å². The smallest absolute Gasteiger partial charge is 0.155 e. The zero-order chi connectivity index (χ0) is 18.4. The van der Waals surface area contributed by atoms with Crippen LogP contribution in [0.3, 0.4) is 0 Å². The Hall–Kier alpha value is -1.41. The van der Waals surface area contributed by atoms with Crippen molar-refractivity contribution >= 4 is 5.78 Å². The minimum atomic E-state index is 0.349. The second-order valence-electron chi connectivity index (χ2n) is 9.71. The standard InChI is InChI=1S/C25H32O2/c1-25-14-13-21-20-10-8-19(26)15-18(20)7-9-22(21)23(25)11-12-24(25)27-16-17-5-3-2-4-6-17/h2-6,15,20-24H,7-14,16H2,1H3/t20-,21-,22+,23-,24+,25+/m1/s1. The van der Waals surface area contributed by atoms with Crippen molar-refractivity contribution in [1.29, 1.82) is 0 Å². The molecule has 1 aromatic carbocycles. The first kappa shape index (κ1) is 17.7. The van der Waals surface area contributed by atoms with E-state index in [-0.39, 0.29) is 0 Å². The third-order valence-electron chi connectivity index (χ3n) is 8.51. The van der Waals surface area contributed by atoms with Crippen molar-refractivity contribution in [2.45, 2.75) is 71.0 Å². The number of ketones is 1. The molecule has 1 aromatic rings. The fourth-order valence-corrected chi connectivity index (χ4v) is 7.18. The number of rotatable bonds is 3. The van der Waals surface area contributed by atoms with E-state index in [1.807, 2.05) is 6.08 Å². The molecule has 0 heterocycles. The van der Waals surface area contributed by atoms with E-state index in [1.54, 1.807) is 0 Å². The summed E-state index contributed by atoms with van der Waals surface area (Å²) in [5.74, 6) is 3.57. The summed E-state index contributed by atoms with van der Waals surface area (Å²) in [5, 5.41) is 0. The molecule has 0 bridgehead atoms. The molecule has 4 aliphatic carbocycles. The summed E-state index contributed by atoms with van der Waals surface area (Å²) in [5.41, 5.74) is 3.13. The van der Waals surface area contributed by atoms with E-state index < -0.39 is 0 Å². The lowest BCUT2D eigenvalue weighted by Gasteiger charge is -2.53. The maximum Gasteiger partial charge on any atom is 0.155 e. The van der Waals surface area contributed by atoms with E-state index >= 15 is 0 Å². The predicted molar refractivity (Wildman–Crippen MR) is 107 cm³/mol. The van der Waals surface area contributed by atoms with E-state index in [0.717, 1.165) is 37.2 Å². The van der Waals surface area contributed by atoms with Gasteiger partial charge in [0, 0.05) is 6.42 Å². The Balaban J connectivity index is 1.31. The Bertz CT molecular complexity index is 736. The van der Waals surface area contributed by atoms with Gasteiger partial charge in [0.25, 0.3) is 0 Å². The fraction of sp³-hybridized carbons (Fsp3) is 0.640.